The summed E-state index contributed by atoms with van der Waals surface area (Å²) in [5.41, 5.74) is 3.25. The van der Waals surface area contributed by atoms with Crippen molar-refractivity contribution in [2.45, 2.75) is 26.7 Å². The van der Waals surface area contributed by atoms with Crippen LogP contribution in [0.25, 0.3) is 5.82 Å². The molecule has 0 bridgehead atoms. The van der Waals surface area contributed by atoms with Gasteiger partial charge in [0, 0.05) is 29.5 Å². The van der Waals surface area contributed by atoms with Gasteiger partial charge in [0.05, 0.1) is 17.8 Å². The van der Waals surface area contributed by atoms with Crippen LogP contribution in [-0.2, 0) is 7.05 Å². The van der Waals surface area contributed by atoms with E-state index in [4.69, 9.17) is 0 Å². The van der Waals surface area contributed by atoms with Crippen LogP contribution in [0.1, 0.15) is 38.4 Å². The number of rotatable bonds is 4. The van der Waals surface area contributed by atoms with Crippen LogP contribution in [0.5, 0.6) is 0 Å². The molecule has 7 heteroatoms. The third kappa shape index (κ3) is 2.55. The molecule has 122 valence electrons. The Labute approximate surface area is 144 Å². The predicted molar refractivity (Wildman–Crippen MR) is 91.5 cm³/mol. The van der Waals surface area contributed by atoms with Gasteiger partial charge in [0.1, 0.15) is 10.8 Å². The fourth-order valence-corrected chi connectivity index (χ4v) is 3.60. The van der Waals surface area contributed by atoms with Gasteiger partial charge in [-0.25, -0.2) is 4.98 Å². The Balaban J connectivity index is 2.11. The van der Waals surface area contributed by atoms with E-state index in [2.05, 4.69) is 16.2 Å². The van der Waals surface area contributed by atoms with Gasteiger partial charge in [0.25, 0.3) is 0 Å². The maximum absolute atomic E-state index is 13.0. The van der Waals surface area contributed by atoms with Gasteiger partial charge in [-0.2, -0.15) is 10.4 Å². The lowest BCUT2D eigenvalue weighted by Gasteiger charge is -2.13. The van der Waals surface area contributed by atoms with Gasteiger partial charge < -0.3 is 4.57 Å². The van der Waals surface area contributed by atoms with Gasteiger partial charge >= 0.3 is 0 Å². The standard InChI is InChI=1S/C17H17N5OS/c1-10-9-24-16(20-10)13(7-18)15(23)14-8-19-21(4)17(14)22-11(2)5-6-12(22)3/h5-6,8-9,13H,1-4H3. The largest absolute Gasteiger partial charge is 0.303 e. The van der Waals surface area contributed by atoms with Crippen LogP contribution in [0, 0.1) is 32.1 Å². The van der Waals surface area contributed by atoms with Crippen molar-refractivity contribution < 1.29 is 4.79 Å². The lowest BCUT2D eigenvalue weighted by molar-refractivity contribution is 0.0978. The van der Waals surface area contributed by atoms with E-state index in [9.17, 15) is 10.1 Å². The van der Waals surface area contributed by atoms with Crippen molar-refractivity contribution in [3.8, 4) is 11.9 Å². The summed E-state index contributed by atoms with van der Waals surface area (Å²) in [6.07, 6.45) is 1.53. The van der Waals surface area contributed by atoms with Gasteiger partial charge in [0.15, 0.2) is 11.7 Å². The second kappa shape index (κ2) is 6.06. The van der Waals surface area contributed by atoms with Crippen LogP contribution < -0.4 is 0 Å². The normalized spacial score (nSPS) is 12.1. The molecule has 3 rings (SSSR count). The molecule has 0 aliphatic carbocycles. The average Bonchev–Trinajstić information content (AvgIpc) is 3.21. The van der Waals surface area contributed by atoms with Crippen LogP contribution in [0.2, 0.25) is 0 Å². The molecule has 0 aliphatic heterocycles. The Morgan fingerprint density at radius 3 is 2.50 bits per heavy atom. The molecule has 24 heavy (non-hydrogen) atoms. The molecule has 0 N–H and O–H groups in total. The van der Waals surface area contributed by atoms with Crippen molar-refractivity contribution in [2.75, 3.05) is 0 Å². The molecule has 6 nitrogen and oxygen atoms in total. The van der Waals surface area contributed by atoms with Gasteiger partial charge in [0.2, 0.25) is 0 Å². The van der Waals surface area contributed by atoms with Crippen LogP contribution in [0.4, 0.5) is 0 Å². The number of hydrogen-bond donors (Lipinski definition) is 0. The first-order chi connectivity index (χ1) is 11.4. The summed E-state index contributed by atoms with van der Waals surface area (Å²) in [4.78, 5) is 17.3. The molecular formula is C17H17N5OS. The minimum absolute atomic E-state index is 0.276. The zero-order valence-electron chi connectivity index (χ0n) is 13.9. The van der Waals surface area contributed by atoms with E-state index in [1.807, 2.05) is 42.9 Å². The van der Waals surface area contributed by atoms with Crippen molar-refractivity contribution in [3.05, 3.63) is 51.4 Å². The molecule has 1 atom stereocenters. The number of nitrogens with zero attached hydrogens (tertiary/aromatic N) is 5. The Kier molecular flexibility index (Phi) is 4.08. The number of hydrogen-bond acceptors (Lipinski definition) is 5. The van der Waals surface area contributed by atoms with Crippen LogP contribution in [0.15, 0.2) is 23.7 Å². The van der Waals surface area contributed by atoms with E-state index in [0.717, 1.165) is 17.1 Å². The molecule has 3 aromatic rings. The van der Waals surface area contributed by atoms with Crippen molar-refractivity contribution in [1.82, 2.24) is 19.3 Å². The number of nitriles is 1. The Bertz CT molecular complexity index is 937. The number of aromatic nitrogens is 4. The zero-order chi connectivity index (χ0) is 17.4. The number of ketones is 1. The fraction of sp³-hybridized carbons (Fsp3) is 0.294. The lowest BCUT2D eigenvalue weighted by Crippen LogP contribution is -2.15. The van der Waals surface area contributed by atoms with Gasteiger partial charge in [-0.05, 0) is 32.9 Å². The second-order valence-corrected chi connectivity index (χ2v) is 6.60. The number of thiazole rings is 1. The zero-order valence-corrected chi connectivity index (χ0v) is 14.8. The first-order valence-corrected chi connectivity index (χ1v) is 8.35. The Hall–Kier alpha value is -2.72. The Morgan fingerprint density at radius 1 is 1.29 bits per heavy atom. The quantitative estimate of drug-likeness (QED) is 0.685. The number of carbonyl (C=O) groups is 1. The number of Topliss-reactive ketones (excluding diaryl/α,β-unsaturated/α-hetero) is 1. The molecule has 0 spiro atoms. The predicted octanol–water partition coefficient (Wildman–Crippen LogP) is 3.08. The van der Waals surface area contributed by atoms with E-state index < -0.39 is 5.92 Å². The molecule has 0 fully saturated rings. The van der Waals surface area contributed by atoms with E-state index in [-0.39, 0.29) is 5.78 Å². The molecule has 0 radical (unpaired) electrons. The molecule has 1 unspecified atom stereocenters. The first-order valence-electron chi connectivity index (χ1n) is 7.47. The molecular weight excluding hydrogens is 322 g/mol. The molecule has 0 amide bonds. The van der Waals surface area contributed by atoms with Crippen LogP contribution in [-0.4, -0.2) is 25.1 Å². The third-order valence-corrected chi connectivity index (χ3v) is 4.96. The molecule has 3 aromatic heterocycles. The summed E-state index contributed by atoms with van der Waals surface area (Å²) in [5.74, 6) is -0.515. The summed E-state index contributed by atoms with van der Waals surface area (Å²) in [6.45, 7) is 5.79. The number of carbonyl (C=O) groups excluding carboxylic acids is 1. The molecule has 0 aliphatic rings. The van der Waals surface area contributed by atoms with Crippen LogP contribution in [0.3, 0.4) is 0 Å². The average molecular weight is 339 g/mol. The van der Waals surface area contributed by atoms with E-state index in [1.54, 1.807) is 11.7 Å². The summed E-state index contributed by atoms with van der Waals surface area (Å²) in [7, 11) is 1.79. The van der Waals surface area contributed by atoms with Crippen LogP contribution >= 0.6 is 11.3 Å². The van der Waals surface area contributed by atoms with Crippen molar-refractivity contribution >= 4 is 17.1 Å². The maximum Gasteiger partial charge on any atom is 0.192 e. The highest BCUT2D eigenvalue weighted by Gasteiger charge is 2.29. The SMILES string of the molecule is Cc1csc(C(C#N)C(=O)c2cnn(C)c2-n2c(C)ccc2C)n1. The van der Waals surface area contributed by atoms with E-state index >= 15 is 0 Å². The van der Waals surface area contributed by atoms with Crippen molar-refractivity contribution in [2.24, 2.45) is 7.05 Å². The molecule has 3 heterocycles. The van der Waals surface area contributed by atoms with Gasteiger partial charge in [-0.3, -0.25) is 9.48 Å². The summed E-state index contributed by atoms with van der Waals surface area (Å²) in [5, 5.41) is 16.1. The van der Waals surface area contributed by atoms with E-state index in [0.29, 0.717) is 16.4 Å². The first kappa shape index (κ1) is 16.1. The summed E-state index contributed by atoms with van der Waals surface area (Å²) >= 11 is 1.33. The third-order valence-electron chi connectivity index (χ3n) is 3.93. The van der Waals surface area contributed by atoms with Crippen molar-refractivity contribution in [1.29, 1.82) is 5.26 Å². The Morgan fingerprint density at radius 2 is 1.96 bits per heavy atom. The smallest absolute Gasteiger partial charge is 0.192 e. The monoisotopic (exact) mass is 339 g/mol. The minimum atomic E-state index is -0.914. The number of aryl methyl sites for hydroxylation is 4. The molecule has 0 saturated carbocycles. The van der Waals surface area contributed by atoms with Gasteiger partial charge in [-0.15, -0.1) is 11.3 Å². The van der Waals surface area contributed by atoms with Crippen molar-refractivity contribution in [3.63, 3.8) is 0 Å². The lowest BCUT2D eigenvalue weighted by atomic mass is 10.0. The van der Waals surface area contributed by atoms with E-state index in [1.165, 1.54) is 17.5 Å². The fourth-order valence-electron chi connectivity index (χ4n) is 2.76. The highest BCUT2D eigenvalue weighted by molar-refractivity contribution is 7.10. The molecule has 0 aromatic carbocycles. The molecule has 0 saturated heterocycles. The highest BCUT2D eigenvalue weighted by Crippen LogP contribution is 2.27. The summed E-state index contributed by atoms with van der Waals surface area (Å²) in [6, 6.07) is 6.07. The van der Waals surface area contributed by atoms with Gasteiger partial charge in [-0.1, -0.05) is 0 Å². The topological polar surface area (TPSA) is 76.5 Å². The summed E-state index contributed by atoms with van der Waals surface area (Å²) < 4.78 is 3.64. The minimum Gasteiger partial charge on any atom is -0.303 e. The maximum atomic E-state index is 13.0. The second-order valence-electron chi connectivity index (χ2n) is 5.71. The highest BCUT2D eigenvalue weighted by atomic mass is 32.1.